The van der Waals surface area contributed by atoms with Crippen LogP contribution >= 0.6 is 0 Å². The zero-order valence-electron chi connectivity index (χ0n) is 12.2. The number of phenolic OH excluding ortho intramolecular Hbond substituents is 1. The summed E-state index contributed by atoms with van der Waals surface area (Å²) in [5.74, 6) is -0.500. The Morgan fingerprint density at radius 1 is 1.00 bits per heavy atom. The molecule has 5 N–H and O–H groups in total. The fourth-order valence-electron chi connectivity index (χ4n) is 2.34. The Labute approximate surface area is 132 Å². The number of amidine groups is 1. The van der Waals surface area contributed by atoms with E-state index in [1.54, 1.807) is 36.4 Å². The number of nitrogens with two attached hydrogens (primary N) is 1. The standard InChI is InChI=1S/C18H15N3O2/c19-17(20)11-5-7-14(8-6-11)21-18(23)15-9-12-3-1-2-4-13(12)10-16(15)22/h1-10,22H,(H3,19,20)(H,21,23). The first kappa shape index (κ1) is 14.6. The van der Waals surface area contributed by atoms with Crippen molar-refractivity contribution in [3.05, 3.63) is 71.8 Å². The lowest BCUT2D eigenvalue weighted by Crippen LogP contribution is -2.13. The van der Waals surface area contributed by atoms with Gasteiger partial charge in [0.25, 0.3) is 5.91 Å². The fourth-order valence-corrected chi connectivity index (χ4v) is 2.34. The number of nitrogens with one attached hydrogen (secondary N) is 2. The van der Waals surface area contributed by atoms with E-state index < -0.39 is 5.91 Å². The number of benzene rings is 3. The third-order valence-corrected chi connectivity index (χ3v) is 3.56. The van der Waals surface area contributed by atoms with Crippen LogP contribution in [0.15, 0.2) is 60.7 Å². The van der Waals surface area contributed by atoms with Crippen LogP contribution in [-0.4, -0.2) is 16.8 Å². The summed E-state index contributed by atoms with van der Waals surface area (Å²) in [6.07, 6.45) is 0. The highest BCUT2D eigenvalue weighted by atomic mass is 16.3. The van der Waals surface area contributed by atoms with Gasteiger partial charge in [0.1, 0.15) is 11.6 Å². The molecule has 0 aliphatic rings. The SMILES string of the molecule is N=C(N)c1ccc(NC(=O)c2cc3ccccc3cc2O)cc1. The van der Waals surface area contributed by atoms with Gasteiger partial charge in [0, 0.05) is 11.3 Å². The normalized spacial score (nSPS) is 10.4. The summed E-state index contributed by atoms with van der Waals surface area (Å²) in [5.41, 5.74) is 6.74. The van der Waals surface area contributed by atoms with Gasteiger partial charge in [-0.05, 0) is 47.2 Å². The van der Waals surface area contributed by atoms with Crippen molar-refractivity contribution in [2.75, 3.05) is 5.32 Å². The molecule has 0 aliphatic heterocycles. The third-order valence-electron chi connectivity index (χ3n) is 3.56. The zero-order chi connectivity index (χ0) is 16.4. The summed E-state index contributed by atoms with van der Waals surface area (Å²) in [5, 5.41) is 21.9. The molecule has 3 rings (SSSR count). The summed E-state index contributed by atoms with van der Waals surface area (Å²) in [6.45, 7) is 0. The van der Waals surface area contributed by atoms with E-state index in [-0.39, 0.29) is 17.1 Å². The highest BCUT2D eigenvalue weighted by molar-refractivity contribution is 6.08. The second kappa shape index (κ2) is 5.81. The van der Waals surface area contributed by atoms with Gasteiger partial charge in [0.05, 0.1) is 5.56 Å². The molecular formula is C18H15N3O2. The van der Waals surface area contributed by atoms with E-state index in [1.807, 2.05) is 24.3 Å². The van der Waals surface area contributed by atoms with E-state index in [0.29, 0.717) is 11.3 Å². The van der Waals surface area contributed by atoms with Gasteiger partial charge in [-0.3, -0.25) is 10.2 Å². The van der Waals surface area contributed by atoms with Gasteiger partial charge in [-0.15, -0.1) is 0 Å². The van der Waals surface area contributed by atoms with Crippen LogP contribution in [0, 0.1) is 5.41 Å². The van der Waals surface area contributed by atoms with Gasteiger partial charge in [-0.25, -0.2) is 0 Å². The number of rotatable bonds is 3. The lowest BCUT2D eigenvalue weighted by Gasteiger charge is -2.09. The molecule has 114 valence electrons. The molecule has 23 heavy (non-hydrogen) atoms. The molecule has 0 aromatic heterocycles. The molecule has 3 aromatic rings. The second-order valence-electron chi connectivity index (χ2n) is 5.16. The van der Waals surface area contributed by atoms with E-state index in [9.17, 15) is 9.90 Å². The number of hydrogen-bond acceptors (Lipinski definition) is 3. The smallest absolute Gasteiger partial charge is 0.259 e. The molecule has 0 atom stereocenters. The predicted molar refractivity (Wildman–Crippen MR) is 91.0 cm³/mol. The molecule has 0 radical (unpaired) electrons. The highest BCUT2D eigenvalue weighted by Gasteiger charge is 2.12. The number of nitrogen functional groups attached to an aromatic ring is 1. The second-order valence-corrected chi connectivity index (χ2v) is 5.16. The minimum Gasteiger partial charge on any atom is -0.507 e. The number of carbonyl (C=O) groups is 1. The monoisotopic (exact) mass is 305 g/mol. The number of hydrogen-bond donors (Lipinski definition) is 4. The first-order valence-electron chi connectivity index (χ1n) is 7.02. The van der Waals surface area contributed by atoms with Crippen molar-refractivity contribution >= 4 is 28.2 Å². The number of anilines is 1. The van der Waals surface area contributed by atoms with Crippen LogP contribution in [0.3, 0.4) is 0 Å². The Bertz CT molecular complexity index is 902. The van der Waals surface area contributed by atoms with Crippen LogP contribution in [0.25, 0.3) is 10.8 Å². The van der Waals surface area contributed by atoms with Crippen LogP contribution in [0.4, 0.5) is 5.69 Å². The summed E-state index contributed by atoms with van der Waals surface area (Å²) in [6, 6.07) is 17.4. The molecule has 0 aliphatic carbocycles. The van der Waals surface area contributed by atoms with Crippen LogP contribution < -0.4 is 11.1 Å². The van der Waals surface area contributed by atoms with Crippen molar-refractivity contribution in [2.24, 2.45) is 5.73 Å². The Balaban J connectivity index is 1.88. The molecule has 5 nitrogen and oxygen atoms in total. The van der Waals surface area contributed by atoms with Gasteiger partial charge in [0.15, 0.2) is 0 Å². The van der Waals surface area contributed by atoms with Crippen molar-refractivity contribution < 1.29 is 9.90 Å². The highest BCUT2D eigenvalue weighted by Crippen LogP contribution is 2.25. The zero-order valence-corrected chi connectivity index (χ0v) is 12.2. The van der Waals surface area contributed by atoms with Crippen molar-refractivity contribution in [3.8, 4) is 5.75 Å². The summed E-state index contributed by atoms with van der Waals surface area (Å²) in [4.78, 5) is 12.4. The molecule has 1 amide bonds. The molecule has 0 bridgehead atoms. The van der Waals surface area contributed by atoms with E-state index in [1.165, 1.54) is 0 Å². The largest absolute Gasteiger partial charge is 0.507 e. The maximum absolute atomic E-state index is 12.4. The molecule has 0 heterocycles. The van der Waals surface area contributed by atoms with Crippen molar-refractivity contribution in [1.82, 2.24) is 0 Å². The molecule has 3 aromatic carbocycles. The van der Waals surface area contributed by atoms with Gasteiger partial charge in [-0.2, -0.15) is 0 Å². The molecule has 0 fully saturated rings. The summed E-state index contributed by atoms with van der Waals surface area (Å²) in [7, 11) is 0. The van der Waals surface area contributed by atoms with Crippen LogP contribution in [-0.2, 0) is 0 Å². The quantitative estimate of drug-likeness (QED) is 0.442. The van der Waals surface area contributed by atoms with Crippen LogP contribution in [0.1, 0.15) is 15.9 Å². The van der Waals surface area contributed by atoms with Crippen molar-refractivity contribution in [1.29, 1.82) is 5.41 Å². The minimum absolute atomic E-state index is 0.0324. The first-order chi connectivity index (χ1) is 11.0. The minimum atomic E-state index is -0.399. The lowest BCUT2D eigenvalue weighted by atomic mass is 10.1. The fraction of sp³-hybridized carbons (Fsp3) is 0. The third kappa shape index (κ3) is 2.98. The van der Waals surface area contributed by atoms with E-state index in [0.717, 1.165) is 10.8 Å². The topological polar surface area (TPSA) is 99.2 Å². The van der Waals surface area contributed by atoms with E-state index >= 15 is 0 Å². The van der Waals surface area contributed by atoms with Crippen LogP contribution in [0.5, 0.6) is 5.75 Å². The summed E-state index contributed by atoms with van der Waals surface area (Å²) >= 11 is 0. The van der Waals surface area contributed by atoms with Gasteiger partial charge >= 0.3 is 0 Å². The van der Waals surface area contributed by atoms with Crippen molar-refractivity contribution in [2.45, 2.75) is 0 Å². The van der Waals surface area contributed by atoms with Crippen molar-refractivity contribution in [3.63, 3.8) is 0 Å². The van der Waals surface area contributed by atoms with Gasteiger partial charge in [-0.1, -0.05) is 24.3 Å². The molecule has 0 unspecified atom stereocenters. The number of amides is 1. The number of phenols is 1. The number of carbonyl (C=O) groups excluding carboxylic acids is 1. The Hall–Kier alpha value is -3.34. The Morgan fingerprint density at radius 3 is 2.22 bits per heavy atom. The number of fused-ring (bicyclic) bond motifs is 1. The first-order valence-corrected chi connectivity index (χ1v) is 7.02. The molecule has 0 saturated carbocycles. The maximum atomic E-state index is 12.4. The predicted octanol–water partition coefficient (Wildman–Crippen LogP) is 3.08. The average Bonchev–Trinajstić information content (AvgIpc) is 2.54. The molecular weight excluding hydrogens is 290 g/mol. The Kier molecular flexibility index (Phi) is 3.68. The van der Waals surface area contributed by atoms with E-state index in [2.05, 4.69) is 5.32 Å². The Morgan fingerprint density at radius 2 is 1.61 bits per heavy atom. The van der Waals surface area contributed by atoms with Crippen LogP contribution in [0.2, 0.25) is 0 Å². The van der Waals surface area contributed by atoms with Gasteiger partial charge in [0.2, 0.25) is 0 Å². The van der Waals surface area contributed by atoms with E-state index in [4.69, 9.17) is 11.1 Å². The molecule has 0 spiro atoms. The van der Waals surface area contributed by atoms with Gasteiger partial charge < -0.3 is 16.2 Å². The molecule has 5 heteroatoms. The maximum Gasteiger partial charge on any atom is 0.259 e. The average molecular weight is 305 g/mol. The molecule has 0 saturated heterocycles. The number of aromatic hydroxyl groups is 1. The lowest BCUT2D eigenvalue weighted by molar-refractivity contribution is 0.102. The summed E-state index contributed by atoms with van der Waals surface area (Å²) < 4.78 is 0.